The first kappa shape index (κ1) is 22.9. The molecule has 26 heavy (non-hydrogen) atoms. The summed E-state index contributed by atoms with van der Waals surface area (Å²) in [6, 6.07) is 5.91. The van der Waals surface area contributed by atoms with E-state index >= 15 is 0 Å². The van der Waals surface area contributed by atoms with Gasteiger partial charge >= 0.3 is 6.36 Å². The Morgan fingerprint density at radius 1 is 1.12 bits per heavy atom. The van der Waals surface area contributed by atoms with Crippen molar-refractivity contribution >= 4 is 8.32 Å². The van der Waals surface area contributed by atoms with Crippen LogP contribution in [0.15, 0.2) is 24.3 Å². The summed E-state index contributed by atoms with van der Waals surface area (Å²) in [4.78, 5) is 1.96. The fourth-order valence-corrected chi connectivity index (χ4v) is 3.19. The standard InChI is InChI=1S/C18H30F3NO3Si/c1-17(2,3)26(4,5)24-12-10-22(9-11-23)14-15-7-6-8-16(13-15)25-18(19,20)21/h6-8,13,23H,9-12,14H2,1-5H3. The number of alkyl halides is 3. The lowest BCUT2D eigenvalue weighted by molar-refractivity contribution is -0.274. The predicted molar refractivity (Wildman–Crippen MR) is 98.6 cm³/mol. The molecule has 0 aliphatic carbocycles. The Bertz CT molecular complexity index is 559. The maximum Gasteiger partial charge on any atom is 0.573 e. The zero-order valence-electron chi connectivity index (χ0n) is 16.2. The second kappa shape index (κ2) is 9.21. The summed E-state index contributed by atoms with van der Waals surface area (Å²) in [5, 5.41) is 9.37. The number of rotatable bonds is 9. The van der Waals surface area contributed by atoms with Gasteiger partial charge in [-0.15, -0.1) is 13.2 Å². The smallest absolute Gasteiger partial charge is 0.416 e. The van der Waals surface area contributed by atoms with Crippen LogP contribution >= 0.6 is 0 Å². The Hall–Kier alpha value is -1.09. The highest BCUT2D eigenvalue weighted by molar-refractivity contribution is 6.74. The van der Waals surface area contributed by atoms with Crippen LogP contribution in [0.2, 0.25) is 18.1 Å². The van der Waals surface area contributed by atoms with Gasteiger partial charge in [-0.25, -0.2) is 0 Å². The van der Waals surface area contributed by atoms with Crippen LogP contribution in [-0.2, 0) is 11.0 Å². The van der Waals surface area contributed by atoms with E-state index in [-0.39, 0.29) is 17.4 Å². The first-order valence-electron chi connectivity index (χ1n) is 8.66. The van der Waals surface area contributed by atoms with Crippen LogP contribution in [0.25, 0.3) is 0 Å². The average molecular weight is 394 g/mol. The number of benzene rings is 1. The van der Waals surface area contributed by atoms with Gasteiger partial charge in [0.25, 0.3) is 0 Å². The van der Waals surface area contributed by atoms with Gasteiger partial charge in [0.1, 0.15) is 5.75 Å². The molecule has 0 bridgehead atoms. The molecule has 1 aromatic rings. The summed E-state index contributed by atoms with van der Waals surface area (Å²) in [6.07, 6.45) is -4.71. The molecule has 0 amide bonds. The number of hydrogen-bond acceptors (Lipinski definition) is 4. The molecule has 0 saturated carbocycles. The lowest BCUT2D eigenvalue weighted by atomic mass is 10.2. The SMILES string of the molecule is CC(C)(C)[Si](C)(C)OCCN(CCO)Cc1cccc(OC(F)(F)F)c1. The van der Waals surface area contributed by atoms with E-state index in [0.29, 0.717) is 31.8 Å². The van der Waals surface area contributed by atoms with E-state index in [2.05, 4.69) is 38.6 Å². The van der Waals surface area contributed by atoms with Crippen molar-refractivity contribution in [2.45, 2.75) is 51.8 Å². The summed E-state index contributed by atoms with van der Waals surface area (Å²) in [5.41, 5.74) is 0.688. The van der Waals surface area contributed by atoms with E-state index in [1.165, 1.54) is 18.2 Å². The molecule has 0 atom stereocenters. The summed E-state index contributed by atoms with van der Waals surface area (Å²) in [6.45, 7) is 12.8. The second-order valence-corrected chi connectivity index (χ2v) is 12.6. The number of halogens is 3. The van der Waals surface area contributed by atoms with Crippen LogP contribution in [0.3, 0.4) is 0 Å². The average Bonchev–Trinajstić information content (AvgIpc) is 2.44. The number of hydrogen-bond donors (Lipinski definition) is 1. The van der Waals surface area contributed by atoms with Gasteiger partial charge < -0.3 is 14.3 Å². The van der Waals surface area contributed by atoms with Crippen LogP contribution < -0.4 is 4.74 Å². The van der Waals surface area contributed by atoms with Crippen LogP contribution in [0, 0.1) is 0 Å². The lowest BCUT2D eigenvalue weighted by Gasteiger charge is -2.36. The van der Waals surface area contributed by atoms with Gasteiger partial charge in [-0.2, -0.15) is 0 Å². The number of aliphatic hydroxyl groups is 1. The van der Waals surface area contributed by atoms with Crippen LogP contribution in [-0.4, -0.2) is 51.0 Å². The van der Waals surface area contributed by atoms with Crippen LogP contribution in [0.1, 0.15) is 26.3 Å². The zero-order chi connectivity index (χ0) is 20.0. The van der Waals surface area contributed by atoms with Crippen molar-refractivity contribution < 1.29 is 27.4 Å². The Balaban J connectivity index is 2.67. The molecule has 0 saturated heterocycles. The van der Waals surface area contributed by atoms with Crippen molar-refractivity contribution in [2.75, 3.05) is 26.3 Å². The molecule has 4 nitrogen and oxygen atoms in total. The van der Waals surface area contributed by atoms with Crippen molar-refractivity contribution in [2.24, 2.45) is 0 Å². The van der Waals surface area contributed by atoms with Crippen LogP contribution in [0.4, 0.5) is 13.2 Å². The van der Waals surface area contributed by atoms with Crippen molar-refractivity contribution in [1.82, 2.24) is 4.90 Å². The Morgan fingerprint density at radius 3 is 2.31 bits per heavy atom. The van der Waals surface area contributed by atoms with Crippen molar-refractivity contribution in [3.63, 3.8) is 0 Å². The molecule has 0 fully saturated rings. The van der Waals surface area contributed by atoms with Gasteiger partial charge in [0.15, 0.2) is 8.32 Å². The lowest BCUT2D eigenvalue weighted by Crippen LogP contribution is -2.43. The van der Waals surface area contributed by atoms with E-state index < -0.39 is 14.7 Å². The molecular weight excluding hydrogens is 363 g/mol. The largest absolute Gasteiger partial charge is 0.573 e. The third-order valence-electron chi connectivity index (χ3n) is 4.63. The molecule has 150 valence electrons. The number of aliphatic hydroxyl groups excluding tert-OH is 1. The number of ether oxygens (including phenoxy) is 1. The third kappa shape index (κ3) is 8.07. The van der Waals surface area contributed by atoms with Crippen molar-refractivity contribution in [3.8, 4) is 5.75 Å². The third-order valence-corrected chi connectivity index (χ3v) is 9.17. The molecule has 1 N–H and O–H groups in total. The molecule has 1 aromatic carbocycles. The van der Waals surface area contributed by atoms with Crippen LogP contribution in [0.5, 0.6) is 5.75 Å². The normalized spacial score (nSPS) is 13.3. The highest BCUT2D eigenvalue weighted by atomic mass is 28.4. The summed E-state index contributed by atoms with van der Waals surface area (Å²) in [5.74, 6) is -0.239. The molecule has 0 heterocycles. The van der Waals surface area contributed by atoms with E-state index in [4.69, 9.17) is 4.43 Å². The van der Waals surface area contributed by atoms with Gasteiger partial charge in [0, 0.05) is 26.2 Å². The van der Waals surface area contributed by atoms with Gasteiger partial charge in [-0.3, -0.25) is 4.90 Å². The Labute approximate surface area is 155 Å². The minimum absolute atomic E-state index is 0.0289. The number of nitrogens with zero attached hydrogens (tertiary/aromatic N) is 1. The maximum atomic E-state index is 12.4. The fraction of sp³-hybridized carbons (Fsp3) is 0.667. The molecule has 0 aliphatic rings. The van der Waals surface area contributed by atoms with Crippen molar-refractivity contribution in [1.29, 1.82) is 0 Å². The van der Waals surface area contributed by atoms with E-state index in [1.54, 1.807) is 6.07 Å². The maximum absolute atomic E-state index is 12.4. The molecule has 0 radical (unpaired) electrons. The second-order valence-electron chi connectivity index (χ2n) is 7.80. The summed E-state index contributed by atoms with van der Waals surface area (Å²) in [7, 11) is -1.86. The molecule has 0 aromatic heterocycles. The van der Waals surface area contributed by atoms with Gasteiger partial charge in [0.2, 0.25) is 0 Å². The monoisotopic (exact) mass is 393 g/mol. The zero-order valence-corrected chi connectivity index (χ0v) is 17.2. The first-order valence-corrected chi connectivity index (χ1v) is 11.6. The molecule has 8 heteroatoms. The molecule has 0 spiro atoms. The van der Waals surface area contributed by atoms with E-state index in [0.717, 1.165) is 0 Å². The Morgan fingerprint density at radius 2 is 1.77 bits per heavy atom. The quantitative estimate of drug-likeness (QED) is 0.632. The fourth-order valence-electron chi connectivity index (χ4n) is 2.16. The molecular formula is C18H30F3NO3Si. The highest BCUT2D eigenvalue weighted by Crippen LogP contribution is 2.36. The van der Waals surface area contributed by atoms with Gasteiger partial charge in [-0.05, 0) is 35.8 Å². The summed E-state index contributed by atoms with van der Waals surface area (Å²) < 4.78 is 47.2. The highest BCUT2D eigenvalue weighted by Gasteiger charge is 2.37. The minimum Gasteiger partial charge on any atom is -0.416 e. The van der Waals surface area contributed by atoms with Gasteiger partial charge in [-0.1, -0.05) is 32.9 Å². The van der Waals surface area contributed by atoms with Gasteiger partial charge in [0.05, 0.1) is 6.61 Å². The molecule has 0 aliphatic heterocycles. The molecule has 1 rings (SSSR count). The summed E-state index contributed by atoms with van der Waals surface area (Å²) >= 11 is 0. The topological polar surface area (TPSA) is 41.9 Å². The minimum atomic E-state index is -4.71. The molecule has 0 unspecified atom stereocenters. The Kier molecular flexibility index (Phi) is 8.13. The van der Waals surface area contributed by atoms with E-state index in [1.807, 2.05) is 4.90 Å². The van der Waals surface area contributed by atoms with Crippen molar-refractivity contribution in [3.05, 3.63) is 29.8 Å². The van der Waals surface area contributed by atoms with E-state index in [9.17, 15) is 18.3 Å². The predicted octanol–water partition coefficient (Wildman–Crippen LogP) is 4.40. The first-order chi connectivity index (χ1) is 11.8.